The van der Waals surface area contributed by atoms with Gasteiger partial charge in [-0.1, -0.05) is 131 Å². The lowest BCUT2D eigenvalue weighted by molar-refractivity contribution is -0.0581. The number of carbonyl (C=O) groups excluding carboxylic acids is 4. The van der Waals surface area contributed by atoms with E-state index in [1.807, 2.05) is 0 Å². The number of amides is 4. The van der Waals surface area contributed by atoms with Crippen LogP contribution in [0.25, 0.3) is 11.4 Å². The molecule has 2 aromatic rings. The van der Waals surface area contributed by atoms with Crippen LogP contribution in [0.4, 0.5) is 9.59 Å². The highest BCUT2D eigenvalue weighted by atomic mass is 16.6. The Morgan fingerprint density at radius 2 is 0.917 bits per heavy atom. The maximum Gasteiger partial charge on any atom is 0.407 e. The van der Waals surface area contributed by atoms with Crippen molar-refractivity contribution in [1.29, 1.82) is 0 Å². The van der Waals surface area contributed by atoms with Crippen LogP contribution in [0.1, 0.15) is 231 Å². The van der Waals surface area contributed by atoms with E-state index in [0.717, 1.165) is 97.7 Å². The molecule has 0 aromatic carbocycles. The summed E-state index contributed by atoms with van der Waals surface area (Å²) >= 11 is 0. The highest BCUT2D eigenvalue weighted by molar-refractivity contribution is 5.96. The predicted octanol–water partition coefficient (Wildman–Crippen LogP) is 15.9. The third-order valence-corrected chi connectivity index (χ3v) is 24.7. The Morgan fingerprint density at radius 1 is 0.512 bits per heavy atom. The summed E-state index contributed by atoms with van der Waals surface area (Å²) in [5, 5.41) is 11.5. The average Bonchev–Trinajstić information content (AvgIpc) is 1.40. The Bertz CT molecular complexity index is 2540. The van der Waals surface area contributed by atoms with Crippen molar-refractivity contribution in [3.05, 3.63) is 71.1 Å². The van der Waals surface area contributed by atoms with E-state index < -0.39 is 12.2 Å². The van der Waals surface area contributed by atoms with Crippen LogP contribution < -0.4 is 21.3 Å². The number of alkyl carbamates (subject to hydrolysis) is 2. The van der Waals surface area contributed by atoms with Crippen LogP contribution in [0.15, 0.2) is 60.0 Å². The van der Waals surface area contributed by atoms with Gasteiger partial charge >= 0.3 is 12.2 Å². The first-order valence-electron chi connectivity index (χ1n) is 34.0. The molecule has 0 saturated heterocycles. The minimum Gasteiger partial charge on any atom is -0.446 e. The number of aromatic nitrogens is 2. The number of carbonyl (C=O) groups is 4. The van der Waals surface area contributed by atoms with Gasteiger partial charge in [-0.05, 0) is 207 Å². The first kappa shape index (κ1) is 62.3. The monoisotopic (exact) mass is 1150 g/mol. The lowest BCUT2D eigenvalue weighted by Gasteiger charge is -2.58. The van der Waals surface area contributed by atoms with Crippen molar-refractivity contribution in [3.8, 4) is 11.4 Å². The van der Waals surface area contributed by atoms with Crippen LogP contribution in [-0.4, -0.2) is 72.4 Å². The van der Waals surface area contributed by atoms with E-state index in [1.165, 1.54) is 114 Å². The van der Waals surface area contributed by atoms with Crippen molar-refractivity contribution in [3.63, 3.8) is 0 Å². The zero-order chi connectivity index (χ0) is 59.6. The van der Waals surface area contributed by atoms with Crippen LogP contribution in [-0.2, 0) is 9.47 Å². The molecule has 12 heteroatoms. The lowest BCUT2D eigenvalue weighted by atomic mass is 9.47. The van der Waals surface area contributed by atoms with Crippen molar-refractivity contribution in [2.24, 2.45) is 92.7 Å². The maximum absolute atomic E-state index is 13.3. The quantitative estimate of drug-likeness (QED) is 0.0710. The molecule has 8 aliphatic carbocycles. The number of fused-ring (bicyclic) bond motifs is 10. The van der Waals surface area contributed by atoms with Crippen LogP contribution in [0.2, 0.25) is 0 Å². The molecule has 2 heterocycles. The van der Waals surface area contributed by atoms with E-state index in [-0.39, 0.29) is 61.0 Å². The Hall–Kier alpha value is -4.74. The second-order valence-electron chi connectivity index (χ2n) is 30.3. The van der Waals surface area contributed by atoms with E-state index in [9.17, 15) is 19.2 Å². The Kier molecular flexibility index (Phi) is 19.5. The van der Waals surface area contributed by atoms with E-state index in [4.69, 9.17) is 9.47 Å². The molecule has 0 unspecified atom stereocenters. The Labute approximate surface area is 505 Å². The van der Waals surface area contributed by atoms with Gasteiger partial charge in [0.2, 0.25) is 0 Å². The number of nitrogens with one attached hydrogen (secondary N) is 4. The minimum atomic E-state index is -0.447. The summed E-state index contributed by atoms with van der Waals surface area (Å²) in [7, 11) is 0. The normalized spacial score (nSPS) is 34.7. The van der Waals surface area contributed by atoms with Crippen LogP contribution in [0, 0.1) is 92.7 Å². The summed E-state index contributed by atoms with van der Waals surface area (Å²) in [6.07, 6.45) is 33.9. The first-order chi connectivity index (χ1) is 40.2. The van der Waals surface area contributed by atoms with Gasteiger partial charge in [-0.3, -0.25) is 19.6 Å². The van der Waals surface area contributed by atoms with Gasteiger partial charge in [0.15, 0.2) is 0 Å². The molecule has 6 saturated carbocycles. The second kappa shape index (κ2) is 26.3. The zero-order valence-corrected chi connectivity index (χ0v) is 53.4. The highest BCUT2D eigenvalue weighted by Crippen LogP contribution is 2.69. The van der Waals surface area contributed by atoms with Gasteiger partial charge in [0, 0.05) is 62.5 Å². The molecule has 8 aliphatic rings. The van der Waals surface area contributed by atoms with Gasteiger partial charge < -0.3 is 30.7 Å². The molecule has 6 fully saturated rings. The summed E-state index contributed by atoms with van der Waals surface area (Å²) in [5.74, 6) is 8.87. The third kappa shape index (κ3) is 13.1. The molecule has 16 atom stereocenters. The Balaban J connectivity index is 0.620. The van der Waals surface area contributed by atoms with Crippen molar-refractivity contribution in [2.45, 2.75) is 223 Å². The van der Waals surface area contributed by atoms with E-state index >= 15 is 0 Å². The molecular formula is C72H108N6O6. The number of pyridine rings is 2. The molecule has 4 N–H and O–H groups in total. The Morgan fingerprint density at radius 3 is 1.32 bits per heavy atom. The van der Waals surface area contributed by atoms with E-state index in [1.54, 1.807) is 36.7 Å². The number of rotatable bonds is 21. The van der Waals surface area contributed by atoms with Gasteiger partial charge in [0.05, 0.1) is 11.4 Å². The van der Waals surface area contributed by atoms with Gasteiger partial charge in [-0.2, -0.15) is 0 Å². The molecule has 0 bridgehead atoms. The van der Waals surface area contributed by atoms with Gasteiger partial charge in [0.25, 0.3) is 11.8 Å². The van der Waals surface area contributed by atoms with E-state index in [2.05, 4.69) is 113 Å². The first-order valence-corrected chi connectivity index (χ1v) is 34.0. The van der Waals surface area contributed by atoms with Crippen molar-refractivity contribution < 1.29 is 28.7 Å². The summed E-state index contributed by atoms with van der Waals surface area (Å²) in [4.78, 5) is 61.7. The second-order valence-corrected chi connectivity index (χ2v) is 30.3. The average molecular weight is 1150 g/mol. The number of hydrogen-bond acceptors (Lipinski definition) is 8. The fraction of sp³-hybridized carbons (Fsp3) is 0.750. The highest BCUT2D eigenvalue weighted by Gasteiger charge is 2.61. The molecule has 4 amide bonds. The van der Waals surface area contributed by atoms with Gasteiger partial charge in [-0.15, -0.1) is 0 Å². The van der Waals surface area contributed by atoms with Crippen LogP contribution in [0.3, 0.4) is 0 Å². The van der Waals surface area contributed by atoms with Gasteiger partial charge in [0.1, 0.15) is 12.2 Å². The molecule has 0 radical (unpaired) electrons. The summed E-state index contributed by atoms with van der Waals surface area (Å²) in [6.45, 7) is 25.8. The third-order valence-electron chi connectivity index (χ3n) is 24.7. The smallest absolute Gasteiger partial charge is 0.407 e. The molecule has 12 nitrogen and oxygen atoms in total. The fourth-order valence-electron chi connectivity index (χ4n) is 20.2. The lowest BCUT2D eigenvalue weighted by Crippen LogP contribution is -2.51. The SMILES string of the molecule is CC(C)CCC[C@@H](C)[C@H]1CC[C@H]2[C@@H]3CC=C4C[C@@H](OC(=O)NCCNC(=O)c5ccnc(-c6cc(C(=O)NCCNC(=O)O[C@H]7CC[C@@]8(C)C(=CC[C@H]9[C@@H]%10CC[C@H]([C@H](C)CCCC(C)C)[C@@]%10(C)CC[C@@H]98)C7)ccn6)c5)CC[C@]4(C)[C@H]3CC[C@]12C. The molecule has 10 rings (SSSR count). The van der Waals surface area contributed by atoms with Gasteiger partial charge in [-0.25, -0.2) is 9.59 Å². The van der Waals surface area contributed by atoms with Crippen LogP contribution >= 0.6 is 0 Å². The minimum absolute atomic E-state index is 0.146. The molecule has 0 aliphatic heterocycles. The molecule has 0 spiro atoms. The summed E-state index contributed by atoms with van der Waals surface area (Å²) in [5.41, 5.74) is 5.95. The molecular weight excluding hydrogens is 1040 g/mol. The largest absolute Gasteiger partial charge is 0.446 e. The predicted molar refractivity (Wildman–Crippen MR) is 335 cm³/mol. The van der Waals surface area contributed by atoms with E-state index in [0.29, 0.717) is 45.2 Å². The van der Waals surface area contributed by atoms with Crippen LogP contribution in [0.5, 0.6) is 0 Å². The zero-order valence-electron chi connectivity index (χ0n) is 53.4. The van der Waals surface area contributed by atoms with Crippen molar-refractivity contribution in [2.75, 3.05) is 26.2 Å². The number of ether oxygens (including phenoxy) is 2. The fourth-order valence-corrected chi connectivity index (χ4v) is 20.2. The number of allylic oxidation sites excluding steroid dienone is 2. The topological polar surface area (TPSA) is 161 Å². The maximum atomic E-state index is 13.3. The molecule has 462 valence electrons. The number of nitrogens with zero attached hydrogens (tertiary/aromatic N) is 2. The van der Waals surface area contributed by atoms with Crippen molar-refractivity contribution >= 4 is 24.0 Å². The number of hydrogen-bond donors (Lipinski definition) is 4. The molecule has 84 heavy (non-hydrogen) atoms. The summed E-state index contributed by atoms with van der Waals surface area (Å²) in [6, 6.07) is 6.53. The van der Waals surface area contributed by atoms with Crippen molar-refractivity contribution in [1.82, 2.24) is 31.2 Å². The standard InChI is InChI=1S/C72H108N6O6/c1-45(2)13-11-15-47(5)57-21-23-59-55-19-17-51-43-53(25-31-69(51,7)61(55)27-33-71(57,59)9)83-67(81)77-39-37-75-65(79)49-29-35-73-63(41-49)64-42-50(30-36-74-64)66(80)76-38-40-78-68(82)84-54-26-32-70(8)52(44-54)18-20-56-60-24-22-58(48(6)16-12-14-46(3)4)72(60,10)34-28-62(56)70/h17-18,29-30,35-36,41-42,45-48,53-62H,11-16,19-28,31-34,37-40,43-44H2,1-10H3,(H,75,79)(H,76,80)(H,77,81)(H,78,82)/t47-,48-,53+,54+,55+,56+,57-,58-,59+,60+,61+,62+,69+,70+,71-,72-/m1/s1. The molecule has 2 aromatic heterocycles. The summed E-state index contributed by atoms with van der Waals surface area (Å²) < 4.78 is 12.0.